The zero-order valence-corrected chi connectivity index (χ0v) is 18.5. The molecule has 0 aromatic heterocycles. The van der Waals surface area contributed by atoms with Crippen LogP contribution in [0.25, 0.3) is 5.57 Å². The van der Waals surface area contributed by atoms with E-state index in [0.717, 1.165) is 11.1 Å². The van der Waals surface area contributed by atoms with E-state index in [1.807, 2.05) is 44.7 Å². The lowest BCUT2D eigenvalue weighted by molar-refractivity contribution is -0.384. The van der Waals surface area contributed by atoms with Crippen molar-refractivity contribution in [3.05, 3.63) is 75.0 Å². The second-order valence-corrected chi connectivity index (χ2v) is 8.35. The fourth-order valence-electron chi connectivity index (χ4n) is 4.38. The van der Waals surface area contributed by atoms with Gasteiger partial charge in [0.05, 0.1) is 28.4 Å². The third-order valence-corrected chi connectivity index (χ3v) is 5.98. The first-order chi connectivity index (χ1) is 15.2. The molecule has 0 N–H and O–H groups in total. The summed E-state index contributed by atoms with van der Waals surface area (Å²) in [6, 6.07) is 11.3. The minimum absolute atomic E-state index is 0.0762. The van der Waals surface area contributed by atoms with Crippen molar-refractivity contribution < 1.29 is 19.2 Å². The maximum Gasteiger partial charge on any atom is 0.282 e. The monoisotopic (exact) mass is 435 g/mol. The minimum Gasteiger partial charge on any atom is -0.372 e. The van der Waals surface area contributed by atoms with Gasteiger partial charge in [0.2, 0.25) is 0 Å². The molecule has 0 bridgehead atoms. The van der Waals surface area contributed by atoms with E-state index in [1.54, 1.807) is 6.07 Å². The molecule has 2 atom stereocenters. The Balaban J connectivity index is 1.86. The molecule has 2 aromatic carbocycles. The van der Waals surface area contributed by atoms with Gasteiger partial charge in [-0.3, -0.25) is 19.7 Å². The number of carbonyl (C=O) groups is 2. The standard InChI is InChI=1S/C24H25N3O5/c1-14-6-5-7-20(17(14)4)26-23(28)21(18-8-10-19(11-9-18)27(30)31)22(24(26)29)25-12-15(2)32-16(3)13-25/h5-11,15-16H,12-13H2,1-4H3. The Morgan fingerprint density at radius 1 is 0.969 bits per heavy atom. The first-order valence-corrected chi connectivity index (χ1v) is 10.5. The molecule has 1 saturated heterocycles. The molecule has 2 unspecified atom stereocenters. The summed E-state index contributed by atoms with van der Waals surface area (Å²) in [4.78, 5) is 41.1. The molecule has 2 heterocycles. The highest BCUT2D eigenvalue weighted by atomic mass is 16.6. The fraction of sp³-hybridized carbons (Fsp3) is 0.333. The largest absolute Gasteiger partial charge is 0.372 e. The van der Waals surface area contributed by atoms with Gasteiger partial charge in [-0.25, -0.2) is 4.90 Å². The summed E-state index contributed by atoms with van der Waals surface area (Å²) < 4.78 is 5.82. The first-order valence-electron chi connectivity index (χ1n) is 10.5. The number of benzene rings is 2. The number of nitro benzene ring substituents is 1. The van der Waals surface area contributed by atoms with Crippen LogP contribution >= 0.6 is 0 Å². The molecule has 2 aliphatic heterocycles. The van der Waals surface area contributed by atoms with E-state index >= 15 is 0 Å². The van der Waals surface area contributed by atoms with Crippen molar-refractivity contribution in [2.75, 3.05) is 18.0 Å². The number of rotatable bonds is 4. The molecule has 0 aliphatic carbocycles. The van der Waals surface area contributed by atoms with Crippen LogP contribution in [0.2, 0.25) is 0 Å². The van der Waals surface area contributed by atoms with Gasteiger partial charge >= 0.3 is 0 Å². The Morgan fingerprint density at radius 3 is 2.19 bits per heavy atom. The summed E-state index contributed by atoms with van der Waals surface area (Å²) in [6.07, 6.45) is -0.218. The predicted molar refractivity (Wildman–Crippen MR) is 120 cm³/mol. The van der Waals surface area contributed by atoms with E-state index in [4.69, 9.17) is 4.74 Å². The summed E-state index contributed by atoms with van der Waals surface area (Å²) in [7, 11) is 0. The Bertz CT molecular complexity index is 1130. The maximum atomic E-state index is 13.7. The quantitative estimate of drug-likeness (QED) is 0.414. The Morgan fingerprint density at radius 2 is 1.59 bits per heavy atom. The first kappa shape index (κ1) is 21.7. The average Bonchev–Trinajstić information content (AvgIpc) is 2.99. The van der Waals surface area contributed by atoms with Crippen LogP contribution in [-0.2, 0) is 14.3 Å². The van der Waals surface area contributed by atoms with E-state index < -0.39 is 16.7 Å². The van der Waals surface area contributed by atoms with Crippen molar-refractivity contribution in [1.82, 2.24) is 4.90 Å². The molecule has 1 fully saturated rings. The number of hydrogen-bond acceptors (Lipinski definition) is 6. The van der Waals surface area contributed by atoms with Crippen LogP contribution < -0.4 is 4.90 Å². The van der Waals surface area contributed by atoms with Gasteiger partial charge in [-0.1, -0.05) is 12.1 Å². The summed E-state index contributed by atoms with van der Waals surface area (Å²) in [5, 5.41) is 11.1. The van der Waals surface area contributed by atoms with Crippen LogP contribution in [0.1, 0.15) is 30.5 Å². The van der Waals surface area contributed by atoms with Gasteiger partial charge < -0.3 is 9.64 Å². The van der Waals surface area contributed by atoms with Gasteiger partial charge in [-0.15, -0.1) is 0 Å². The van der Waals surface area contributed by atoms with Crippen molar-refractivity contribution in [2.24, 2.45) is 0 Å². The summed E-state index contributed by atoms with van der Waals surface area (Å²) in [5.74, 6) is -0.822. The number of imide groups is 1. The van der Waals surface area contributed by atoms with Crippen LogP contribution in [0.15, 0.2) is 48.2 Å². The molecule has 2 aromatic rings. The van der Waals surface area contributed by atoms with Crippen LogP contribution in [0, 0.1) is 24.0 Å². The number of morpholine rings is 1. The van der Waals surface area contributed by atoms with Gasteiger partial charge in [0, 0.05) is 25.2 Å². The molecule has 2 aliphatic rings. The number of aryl methyl sites for hydroxylation is 1. The van der Waals surface area contributed by atoms with E-state index in [0.29, 0.717) is 30.0 Å². The van der Waals surface area contributed by atoms with E-state index in [1.165, 1.54) is 29.2 Å². The molecular formula is C24H25N3O5. The Hall–Kier alpha value is -3.52. The molecule has 0 spiro atoms. The molecule has 166 valence electrons. The predicted octanol–water partition coefficient (Wildman–Crippen LogP) is 3.61. The zero-order chi connectivity index (χ0) is 23.2. The van der Waals surface area contributed by atoms with E-state index in [-0.39, 0.29) is 23.5 Å². The lowest BCUT2D eigenvalue weighted by atomic mass is 10.0. The second kappa shape index (κ2) is 8.20. The number of ether oxygens (including phenoxy) is 1. The number of hydrogen-bond donors (Lipinski definition) is 0. The number of amides is 2. The minimum atomic E-state index is -0.492. The van der Waals surface area contributed by atoms with Gasteiger partial charge in [0.25, 0.3) is 17.5 Å². The number of non-ortho nitro benzene ring substituents is 1. The fourth-order valence-corrected chi connectivity index (χ4v) is 4.38. The SMILES string of the molecule is Cc1cccc(N2C(=O)C(c3ccc([N+](=O)[O-])cc3)=C(N3CC(C)OC(C)C3)C2=O)c1C. The maximum absolute atomic E-state index is 13.7. The van der Waals surface area contributed by atoms with Crippen LogP contribution in [-0.4, -0.2) is 46.9 Å². The lowest BCUT2D eigenvalue weighted by Crippen LogP contribution is -2.47. The van der Waals surface area contributed by atoms with Crippen molar-refractivity contribution in [3.8, 4) is 0 Å². The normalized spacial score (nSPS) is 21.5. The van der Waals surface area contributed by atoms with E-state index in [9.17, 15) is 19.7 Å². The molecule has 0 radical (unpaired) electrons. The number of nitro groups is 1. The van der Waals surface area contributed by atoms with Crippen LogP contribution in [0.3, 0.4) is 0 Å². The van der Waals surface area contributed by atoms with Crippen LogP contribution in [0.4, 0.5) is 11.4 Å². The Labute approximate surface area is 186 Å². The topological polar surface area (TPSA) is 93.0 Å². The molecule has 8 nitrogen and oxygen atoms in total. The molecule has 2 amide bonds. The number of anilines is 1. The van der Waals surface area contributed by atoms with Crippen molar-refractivity contribution in [2.45, 2.75) is 39.9 Å². The van der Waals surface area contributed by atoms with Crippen molar-refractivity contribution in [1.29, 1.82) is 0 Å². The third kappa shape index (κ3) is 3.67. The average molecular weight is 435 g/mol. The summed E-state index contributed by atoms with van der Waals surface area (Å²) in [6.45, 7) is 8.61. The van der Waals surface area contributed by atoms with Crippen molar-refractivity contribution in [3.63, 3.8) is 0 Å². The van der Waals surface area contributed by atoms with Crippen LogP contribution in [0.5, 0.6) is 0 Å². The lowest BCUT2D eigenvalue weighted by Gasteiger charge is -2.37. The highest BCUT2D eigenvalue weighted by Crippen LogP contribution is 2.37. The van der Waals surface area contributed by atoms with Gasteiger partial charge in [0.15, 0.2) is 0 Å². The second-order valence-electron chi connectivity index (χ2n) is 8.35. The number of nitrogens with zero attached hydrogens (tertiary/aromatic N) is 3. The smallest absolute Gasteiger partial charge is 0.282 e. The molecule has 32 heavy (non-hydrogen) atoms. The number of carbonyl (C=O) groups excluding carboxylic acids is 2. The highest BCUT2D eigenvalue weighted by Gasteiger charge is 2.44. The molecule has 8 heteroatoms. The van der Waals surface area contributed by atoms with E-state index in [2.05, 4.69) is 0 Å². The molecule has 4 rings (SSSR count). The van der Waals surface area contributed by atoms with Crippen molar-refractivity contribution >= 4 is 28.8 Å². The molecular weight excluding hydrogens is 410 g/mol. The zero-order valence-electron chi connectivity index (χ0n) is 18.5. The third-order valence-electron chi connectivity index (χ3n) is 5.98. The summed E-state index contributed by atoms with van der Waals surface area (Å²) >= 11 is 0. The summed E-state index contributed by atoms with van der Waals surface area (Å²) in [5.41, 5.74) is 3.34. The Kier molecular flexibility index (Phi) is 5.56. The van der Waals surface area contributed by atoms with Gasteiger partial charge in [0.1, 0.15) is 5.70 Å². The highest BCUT2D eigenvalue weighted by molar-refractivity contribution is 6.45. The van der Waals surface area contributed by atoms with Gasteiger partial charge in [-0.2, -0.15) is 0 Å². The molecule has 0 saturated carbocycles. The van der Waals surface area contributed by atoms with Gasteiger partial charge in [-0.05, 0) is 62.6 Å².